The van der Waals surface area contributed by atoms with E-state index in [0.717, 1.165) is 39.0 Å². The van der Waals surface area contributed by atoms with Crippen LogP contribution >= 0.6 is 0 Å². The summed E-state index contributed by atoms with van der Waals surface area (Å²) >= 11 is 0. The molecule has 3 N–H and O–H groups in total. The number of anilines is 1. The highest BCUT2D eigenvalue weighted by atomic mass is 32.2. The Morgan fingerprint density at radius 1 is 0.878 bits per heavy atom. The molecule has 254 valence electrons. The predicted octanol–water partition coefficient (Wildman–Crippen LogP) is 8.69. The number of furan rings is 1. The summed E-state index contributed by atoms with van der Waals surface area (Å²) in [7, 11) is -4.18. The van der Waals surface area contributed by atoms with Gasteiger partial charge in [-0.3, -0.25) is 14.1 Å². The third-order valence-corrected chi connectivity index (χ3v) is 9.03. The lowest BCUT2D eigenvalue weighted by Gasteiger charge is -2.27. The summed E-state index contributed by atoms with van der Waals surface area (Å²) in [6.07, 6.45) is 4.88. The van der Waals surface area contributed by atoms with Crippen molar-refractivity contribution >= 4 is 44.7 Å². The summed E-state index contributed by atoms with van der Waals surface area (Å²) in [4.78, 5) is 26.8. The highest BCUT2D eigenvalue weighted by Gasteiger charge is 2.30. The average molecular weight is 679 g/mol. The summed E-state index contributed by atoms with van der Waals surface area (Å²) in [5.41, 5.74) is 5.54. The van der Waals surface area contributed by atoms with E-state index in [4.69, 9.17) is 8.97 Å². The quantitative estimate of drug-likeness (QED) is 0.113. The van der Waals surface area contributed by atoms with Gasteiger partial charge >= 0.3 is 0 Å². The Bertz CT molecular complexity index is 2010. The second-order valence-corrected chi connectivity index (χ2v) is 14.8. The molecule has 2 unspecified atom stereocenters. The first kappa shape index (κ1) is 35.3. The number of rotatable bonds is 12. The normalized spacial score (nSPS) is 13.3. The van der Waals surface area contributed by atoms with Crippen molar-refractivity contribution in [3.05, 3.63) is 131 Å². The molecule has 5 aromatic rings. The number of allylic oxidation sites excluding steroid dienone is 1. The van der Waals surface area contributed by atoms with Crippen LogP contribution in [0.25, 0.3) is 28.4 Å². The van der Waals surface area contributed by atoms with Gasteiger partial charge in [0.25, 0.3) is 16.0 Å². The lowest BCUT2D eigenvalue weighted by molar-refractivity contribution is -0.118. The molecule has 0 spiro atoms. The molecule has 0 aliphatic carbocycles. The maximum absolute atomic E-state index is 14.2. The molecule has 0 saturated heterocycles. The lowest BCUT2D eigenvalue weighted by Crippen LogP contribution is -2.29. The predicted molar refractivity (Wildman–Crippen MR) is 196 cm³/mol. The molecule has 9 heteroatoms. The zero-order valence-corrected chi connectivity index (χ0v) is 29.0. The minimum absolute atomic E-state index is 0.0357. The Morgan fingerprint density at radius 2 is 1.53 bits per heavy atom. The minimum atomic E-state index is -4.18. The molecule has 8 nitrogen and oxygen atoms in total. The molecule has 0 aliphatic heterocycles. The van der Waals surface area contributed by atoms with Gasteiger partial charge in [-0.1, -0.05) is 94.4 Å². The SMILES string of the molecule is CCC(c1ccc(C(=O)NCCS(=O)(=O)O)cc1)C(C(=O)Nc1ccc(-c2cc3ccccc3o2)cc1)c1ccc(/C=C/C(C)(C)C)cc1. The zero-order valence-electron chi connectivity index (χ0n) is 28.1. The Morgan fingerprint density at radius 3 is 2.14 bits per heavy atom. The monoisotopic (exact) mass is 678 g/mol. The van der Waals surface area contributed by atoms with Gasteiger partial charge in [-0.2, -0.15) is 8.42 Å². The Kier molecular flexibility index (Phi) is 10.9. The zero-order chi connectivity index (χ0) is 35.2. The highest BCUT2D eigenvalue weighted by molar-refractivity contribution is 7.85. The fourth-order valence-electron chi connectivity index (χ4n) is 5.73. The maximum atomic E-state index is 14.2. The Balaban J connectivity index is 1.40. The van der Waals surface area contributed by atoms with Crippen molar-refractivity contribution in [1.82, 2.24) is 5.32 Å². The standard InChI is InChI=1S/C40H42N2O6S/c1-5-34(28-14-16-31(17-15-28)38(43)41-24-25-49(45,46)47)37(30-12-10-27(11-13-30)22-23-40(2,3)4)39(44)42-33-20-18-29(19-21-33)36-26-32-8-6-7-9-35(32)48-36/h6-23,26,34,37H,5,24-25H2,1-4H3,(H,41,43)(H,42,44)(H,45,46,47)/b23-22+. The first-order valence-electron chi connectivity index (χ1n) is 16.3. The van der Waals surface area contributed by atoms with Crippen molar-refractivity contribution in [2.75, 3.05) is 17.6 Å². The molecule has 2 amide bonds. The van der Waals surface area contributed by atoms with Gasteiger partial charge in [-0.15, -0.1) is 0 Å². The maximum Gasteiger partial charge on any atom is 0.266 e. The molecule has 1 aromatic heterocycles. The van der Waals surface area contributed by atoms with Crippen molar-refractivity contribution in [2.45, 2.75) is 46.0 Å². The molecule has 2 atom stereocenters. The largest absolute Gasteiger partial charge is 0.456 e. The van der Waals surface area contributed by atoms with E-state index < -0.39 is 27.7 Å². The van der Waals surface area contributed by atoms with Gasteiger partial charge in [-0.05, 0) is 83.0 Å². The Labute approximate surface area is 288 Å². The number of benzene rings is 4. The topological polar surface area (TPSA) is 126 Å². The second kappa shape index (κ2) is 15.1. The number of hydrogen-bond acceptors (Lipinski definition) is 5. The van der Waals surface area contributed by atoms with E-state index in [2.05, 4.69) is 43.6 Å². The van der Waals surface area contributed by atoms with Crippen LogP contribution in [-0.4, -0.2) is 37.1 Å². The fraction of sp³-hybridized carbons (Fsp3) is 0.250. The summed E-state index contributed by atoms with van der Waals surface area (Å²) in [6, 6.07) is 32.4. The second-order valence-electron chi connectivity index (χ2n) is 13.2. The van der Waals surface area contributed by atoms with Crippen LogP contribution in [0, 0.1) is 5.41 Å². The first-order chi connectivity index (χ1) is 23.3. The van der Waals surface area contributed by atoms with Gasteiger partial charge in [0.05, 0.1) is 11.7 Å². The van der Waals surface area contributed by atoms with Crippen LogP contribution < -0.4 is 10.6 Å². The molecule has 0 fully saturated rings. The highest BCUT2D eigenvalue weighted by Crippen LogP contribution is 2.37. The minimum Gasteiger partial charge on any atom is -0.456 e. The molecular formula is C40H42N2O6S. The number of hydrogen-bond donors (Lipinski definition) is 3. The van der Waals surface area contributed by atoms with Crippen molar-refractivity contribution in [3.8, 4) is 11.3 Å². The van der Waals surface area contributed by atoms with Crippen LogP contribution in [0.5, 0.6) is 0 Å². The van der Waals surface area contributed by atoms with Crippen molar-refractivity contribution in [2.24, 2.45) is 5.41 Å². The molecule has 0 bridgehead atoms. The van der Waals surface area contributed by atoms with Gasteiger partial charge in [-0.25, -0.2) is 0 Å². The van der Waals surface area contributed by atoms with E-state index in [1.54, 1.807) is 12.1 Å². The van der Waals surface area contributed by atoms with Gasteiger partial charge in [0.15, 0.2) is 0 Å². The molecular weight excluding hydrogens is 637 g/mol. The fourth-order valence-corrected chi connectivity index (χ4v) is 6.09. The summed E-state index contributed by atoms with van der Waals surface area (Å²) in [6.45, 7) is 8.24. The van der Waals surface area contributed by atoms with E-state index in [1.165, 1.54) is 0 Å². The number of amides is 2. The number of carbonyl (C=O) groups is 2. The lowest BCUT2D eigenvalue weighted by atomic mass is 9.78. The Hall–Kier alpha value is -4.99. The van der Waals surface area contributed by atoms with Crippen molar-refractivity contribution < 1.29 is 27.0 Å². The van der Waals surface area contributed by atoms with E-state index in [1.807, 2.05) is 97.9 Å². The number of carbonyl (C=O) groups excluding carboxylic acids is 2. The summed E-state index contributed by atoms with van der Waals surface area (Å²) in [5, 5.41) is 6.66. The smallest absolute Gasteiger partial charge is 0.266 e. The van der Waals surface area contributed by atoms with Crippen LogP contribution in [0.1, 0.15) is 73.0 Å². The molecule has 4 aromatic carbocycles. The summed E-state index contributed by atoms with van der Waals surface area (Å²) < 4.78 is 37.0. The van der Waals surface area contributed by atoms with Gasteiger partial charge in [0, 0.05) is 28.7 Å². The van der Waals surface area contributed by atoms with Gasteiger partial charge in [0.2, 0.25) is 5.91 Å². The molecule has 0 saturated carbocycles. The van der Waals surface area contributed by atoms with E-state index >= 15 is 0 Å². The third kappa shape index (κ3) is 9.55. The van der Waals surface area contributed by atoms with Gasteiger partial charge < -0.3 is 15.1 Å². The molecule has 5 rings (SSSR count). The molecule has 0 aliphatic rings. The average Bonchev–Trinajstić information content (AvgIpc) is 3.50. The third-order valence-electron chi connectivity index (χ3n) is 8.31. The van der Waals surface area contributed by atoms with Crippen LogP contribution in [0.4, 0.5) is 5.69 Å². The van der Waals surface area contributed by atoms with E-state index in [9.17, 15) is 18.0 Å². The molecule has 49 heavy (non-hydrogen) atoms. The number of fused-ring (bicyclic) bond motifs is 1. The summed E-state index contributed by atoms with van der Waals surface area (Å²) in [5.74, 6) is -1.20. The van der Waals surface area contributed by atoms with E-state index in [-0.39, 0.29) is 23.8 Å². The molecule has 0 radical (unpaired) electrons. The van der Waals surface area contributed by atoms with Crippen LogP contribution in [-0.2, 0) is 14.9 Å². The van der Waals surface area contributed by atoms with E-state index in [0.29, 0.717) is 17.7 Å². The van der Waals surface area contributed by atoms with Gasteiger partial charge in [0.1, 0.15) is 11.3 Å². The van der Waals surface area contributed by atoms with Crippen LogP contribution in [0.15, 0.2) is 114 Å². The van der Waals surface area contributed by atoms with Crippen molar-refractivity contribution in [1.29, 1.82) is 0 Å². The number of para-hydroxylation sites is 1. The number of nitrogens with one attached hydrogen (secondary N) is 2. The van der Waals surface area contributed by atoms with Crippen molar-refractivity contribution in [3.63, 3.8) is 0 Å². The van der Waals surface area contributed by atoms with Crippen LogP contribution in [0.3, 0.4) is 0 Å². The first-order valence-corrected chi connectivity index (χ1v) is 17.9. The molecule has 1 heterocycles. The van der Waals surface area contributed by atoms with Crippen LogP contribution in [0.2, 0.25) is 0 Å².